The standard InChI is InChI=1S/C15H23NO2S/c1-10(2)11(3)19(17,18)14-9-8-12-6-4-5-7-13(12)15(14)16/h4-7,10-11,14-15H,8-9,16H2,1-3H3. The molecule has 0 aliphatic heterocycles. The summed E-state index contributed by atoms with van der Waals surface area (Å²) in [6, 6.07) is 7.53. The molecule has 3 atom stereocenters. The zero-order chi connectivity index (χ0) is 14.2. The van der Waals surface area contributed by atoms with Gasteiger partial charge in [-0.2, -0.15) is 0 Å². The molecule has 1 aromatic rings. The third kappa shape index (κ3) is 2.56. The molecule has 0 radical (unpaired) electrons. The Morgan fingerprint density at radius 1 is 1.21 bits per heavy atom. The third-order valence-electron chi connectivity index (χ3n) is 4.39. The van der Waals surface area contributed by atoms with Crippen molar-refractivity contribution in [3.05, 3.63) is 35.4 Å². The van der Waals surface area contributed by atoms with Gasteiger partial charge in [0.25, 0.3) is 0 Å². The van der Waals surface area contributed by atoms with Crippen LogP contribution in [0.4, 0.5) is 0 Å². The van der Waals surface area contributed by atoms with Gasteiger partial charge in [-0.1, -0.05) is 38.1 Å². The van der Waals surface area contributed by atoms with E-state index in [1.807, 2.05) is 38.1 Å². The van der Waals surface area contributed by atoms with Crippen LogP contribution in [0.5, 0.6) is 0 Å². The molecule has 3 unspecified atom stereocenters. The summed E-state index contributed by atoms with van der Waals surface area (Å²) in [6.45, 7) is 5.70. The Morgan fingerprint density at radius 2 is 1.84 bits per heavy atom. The fourth-order valence-corrected chi connectivity index (χ4v) is 5.10. The number of fused-ring (bicyclic) bond motifs is 1. The molecule has 2 N–H and O–H groups in total. The summed E-state index contributed by atoms with van der Waals surface area (Å²) in [7, 11) is -3.18. The lowest BCUT2D eigenvalue weighted by molar-refractivity contribution is 0.493. The highest BCUT2D eigenvalue weighted by Gasteiger charge is 2.39. The van der Waals surface area contributed by atoms with E-state index in [-0.39, 0.29) is 11.2 Å². The van der Waals surface area contributed by atoms with E-state index in [1.165, 1.54) is 5.56 Å². The van der Waals surface area contributed by atoms with Gasteiger partial charge >= 0.3 is 0 Å². The Hall–Kier alpha value is -0.870. The average Bonchev–Trinajstić information content (AvgIpc) is 2.38. The minimum absolute atomic E-state index is 0.120. The first-order valence-corrected chi connectivity index (χ1v) is 8.52. The van der Waals surface area contributed by atoms with Crippen LogP contribution in [-0.2, 0) is 16.3 Å². The van der Waals surface area contributed by atoms with Gasteiger partial charge in [-0.25, -0.2) is 8.42 Å². The smallest absolute Gasteiger partial charge is 0.157 e. The van der Waals surface area contributed by atoms with Crippen molar-refractivity contribution >= 4 is 9.84 Å². The van der Waals surface area contributed by atoms with Crippen molar-refractivity contribution in [1.29, 1.82) is 0 Å². The highest BCUT2D eigenvalue weighted by Crippen LogP contribution is 2.34. The Labute approximate surface area is 116 Å². The fourth-order valence-electron chi connectivity index (χ4n) is 2.79. The number of sulfone groups is 1. The first-order chi connectivity index (χ1) is 8.85. The summed E-state index contributed by atoms with van der Waals surface area (Å²) in [5.74, 6) is 0.120. The third-order valence-corrected chi connectivity index (χ3v) is 7.35. The molecular weight excluding hydrogens is 258 g/mol. The molecule has 0 fully saturated rings. The van der Waals surface area contributed by atoms with Crippen LogP contribution in [0.1, 0.15) is 44.4 Å². The van der Waals surface area contributed by atoms with Crippen molar-refractivity contribution in [3.63, 3.8) is 0 Å². The van der Waals surface area contributed by atoms with Crippen LogP contribution in [0.2, 0.25) is 0 Å². The van der Waals surface area contributed by atoms with Crippen LogP contribution in [-0.4, -0.2) is 18.9 Å². The number of hydrogen-bond acceptors (Lipinski definition) is 3. The van der Waals surface area contributed by atoms with Gasteiger partial charge in [0.1, 0.15) is 0 Å². The van der Waals surface area contributed by atoms with Crippen LogP contribution in [0.3, 0.4) is 0 Å². The number of rotatable bonds is 3. The first-order valence-electron chi connectivity index (χ1n) is 6.91. The molecule has 0 saturated carbocycles. The molecule has 106 valence electrons. The minimum Gasteiger partial charge on any atom is -0.323 e. The van der Waals surface area contributed by atoms with Gasteiger partial charge < -0.3 is 5.73 Å². The van der Waals surface area contributed by atoms with Crippen LogP contribution in [0, 0.1) is 5.92 Å². The van der Waals surface area contributed by atoms with Gasteiger partial charge in [0, 0.05) is 6.04 Å². The fraction of sp³-hybridized carbons (Fsp3) is 0.600. The molecule has 1 aliphatic carbocycles. The topological polar surface area (TPSA) is 60.2 Å². The summed E-state index contributed by atoms with van der Waals surface area (Å²) < 4.78 is 25.3. The monoisotopic (exact) mass is 281 g/mol. The molecule has 2 rings (SSSR count). The predicted molar refractivity (Wildman–Crippen MR) is 78.7 cm³/mol. The second-order valence-corrected chi connectivity index (χ2v) is 8.37. The zero-order valence-corrected chi connectivity index (χ0v) is 12.7. The van der Waals surface area contributed by atoms with Crippen molar-refractivity contribution in [2.45, 2.75) is 50.2 Å². The molecule has 1 aromatic carbocycles. The van der Waals surface area contributed by atoms with E-state index in [0.717, 1.165) is 12.0 Å². The molecule has 0 spiro atoms. The molecule has 0 amide bonds. The summed E-state index contributed by atoms with van der Waals surface area (Å²) in [6.07, 6.45) is 1.44. The number of nitrogens with two attached hydrogens (primary N) is 1. The number of aryl methyl sites for hydroxylation is 1. The van der Waals surface area contributed by atoms with Gasteiger partial charge in [0.15, 0.2) is 9.84 Å². The minimum atomic E-state index is -3.18. The van der Waals surface area contributed by atoms with Crippen LogP contribution < -0.4 is 5.73 Å². The molecule has 0 heterocycles. The van der Waals surface area contributed by atoms with E-state index in [1.54, 1.807) is 6.92 Å². The lowest BCUT2D eigenvalue weighted by Gasteiger charge is -2.33. The Bertz CT molecular complexity index is 551. The van der Waals surface area contributed by atoms with E-state index >= 15 is 0 Å². The van der Waals surface area contributed by atoms with Gasteiger partial charge in [-0.05, 0) is 36.8 Å². The predicted octanol–water partition coefficient (Wildman–Crippen LogP) is 2.46. The normalized spacial score (nSPS) is 25.1. The Morgan fingerprint density at radius 3 is 2.47 bits per heavy atom. The van der Waals surface area contributed by atoms with Crippen LogP contribution in [0.25, 0.3) is 0 Å². The van der Waals surface area contributed by atoms with Crippen molar-refractivity contribution in [3.8, 4) is 0 Å². The maximum absolute atomic E-state index is 12.7. The quantitative estimate of drug-likeness (QED) is 0.926. The van der Waals surface area contributed by atoms with E-state index < -0.39 is 21.1 Å². The molecule has 1 aliphatic rings. The molecule has 0 bridgehead atoms. The molecule has 4 heteroatoms. The first kappa shape index (κ1) is 14.5. The van der Waals surface area contributed by atoms with Crippen molar-refractivity contribution in [1.82, 2.24) is 0 Å². The van der Waals surface area contributed by atoms with Crippen molar-refractivity contribution in [2.75, 3.05) is 0 Å². The summed E-state index contributed by atoms with van der Waals surface area (Å²) >= 11 is 0. The van der Waals surface area contributed by atoms with Gasteiger partial charge in [0.2, 0.25) is 0 Å². The van der Waals surface area contributed by atoms with Crippen LogP contribution >= 0.6 is 0 Å². The number of hydrogen-bond donors (Lipinski definition) is 1. The Balaban J connectivity index is 2.35. The van der Waals surface area contributed by atoms with Crippen molar-refractivity contribution < 1.29 is 8.42 Å². The van der Waals surface area contributed by atoms with E-state index in [4.69, 9.17) is 5.73 Å². The highest BCUT2D eigenvalue weighted by molar-refractivity contribution is 7.92. The van der Waals surface area contributed by atoms with Gasteiger partial charge in [0.05, 0.1) is 10.5 Å². The summed E-state index contributed by atoms with van der Waals surface area (Å²) in [4.78, 5) is 0. The molecular formula is C15H23NO2S. The average molecular weight is 281 g/mol. The Kier molecular flexibility index (Phi) is 4.02. The summed E-state index contributed by atoms with van der Waals surface area (Å²) in [5.41, 5.74) is 8.43. The van der Waals surface area contributed by atoms with Crippen LogP contribution in [0.15, 0.2) is 24.3 Å². The second kappa shape index (κ2) is 5.25. The zero-order valence-electron chi connectivity index (χ0n) is 11.8. The SMILES string of the molecule is CC(C)C(C)S(=O)(=O)C1CCc2ccccc2C1N. The van der Waals surface area contributed by atoms with E-state index in [0.29, 0.717) is 6.42 Å². The molecule has 0 aromatic heterocycles. The lowest BCUT2D eigenvalue weighted by atomic mass is 9.88. The largest absolute Gasteiger partial charge is 0.323 e. The molecule has 3 nitrogen and oxygen atoms in total. The lowest BCUT2D eigenvalue weighted by Crippen LogP contribution is -2.42. The second-order valence-electron chi connectivity index (χ2n) is 5.84. The molecule has 0 saturated heterocycles. The van der Waals surface area contributed by atoms with Crippen molar-refractivity contribution in [2.24, 2.45) is 11.7 Å². The maximum atomic E-state index is 12.7. The highest BCUT2D eigenvalue weighted by atomic mass is 32.2. The van der Waals surface area contributed by atoms with Gasteiger partial charge in [-0.3, -0.25) is 0 Å². The number of benzene rings is 1. The van der Waals surface area contributed by atoms with Gasteiger partial charge in [-0.15, -0.1) is 0 Å². The molecule has 19 heavy (non-hydrogen) atoms. The van der Waals surface area contributed by atoms with E-state index in [9.17, 15) is 8.42 Å². The van der Waals surface area contributed by atoms with E-state index in [2.05, 4.69) is 0 Å². The summed E-state index contributed by atoms with van der Waals surface area (Å²) in [5, 5.41) is -0.784. The maximum Gasteiger partial charge on any atom is 0.157 e.